The summed E-state index contributed by atoms with van der Waals surface area (Å²) in [5.41, 5.74) is -7.75. The Morgan fingerprint density at radius 1 is 0.878 bits per heavy atom. The number of carbonyl (C=O) groups excluding carboxylic acids is 1. The first-order valence-corrected chi connectivity index (χ1v) is 16.0. The summed E-state index contributed by atoms with van der Waals surface area (Å²) in [6.07, 6.45) is -10.3. The van der Waals surface area contributed by atoms with Crippen LogP contribution < -0.4 is 5.32 Å². The molecule has 0 spiro atoms. The van der Waals surface area contributed by atoms with Gasteiger partial charge in [0.15, 0.2) is 9.84 Å². The van der Waals surface area contributed by atoms with Crippen molar-refractivity contribution in [3.63, 3.8) is 0 Å². The summed E-state index contributed by atoms with van der Waals surface area (Å²) < 4.78 is 160. The summed E-state index contributed by atoms with van der Waals surface area (Å²) in [6, 6.07) is 7.72. The first kappa shape index (κ1) is 35.9. The predicted octanol–water partition coefficient (Wildman–Crippen LogP) is 7.41. The molecule has 262 valence electrons. The minimum atomic E-state index is -6.21. The highest BCUT2D eigenvalue weighted by atomic mass is 32.2. The zero-order valence-electron chi connectivity index (χ0n) is 25.0. The van der Waals surface area contributed by atoms with E-state index in [2.05, 4.69) is 20.3 Å². The molecule has 0 aliphatic heterocycles. The fourth-order valence-corrected chi connectivity index (χ4v) is 8.18. The Balaban J connectivity index is 1.55. The number of ether oxygens (including phenoxy) is 1. The molecule has 3 aromatic carbocycles. The molecular weight excluding hydrogens is 693 g/mol. The lowest BCUT2D eigenvalue weighted by atomic mass is 9.79. The Morgan fingerprint density at radius 2 is 1.45 bits per heavy atom. The molecule has 0 radical (unpaired) electrons. The number of nitrogens with zero attached hydrogens (tertiary/aromatic N) is 1. The second-order valence-electron chi connectivity index (χ2n) is 11.4. The number of amides is 1. The van der Waals surface area contributed by atoms with E-state index in [0.29, 0.717) is 24.3 Å². The molecule has 49 heavy (non-hydrogen) atoms. The van der Waals surface area contributed by atoms with E-state index in [1.807, 2.05) is 0 Å². The summed E-state index contributed by atoms with van der Waals surface area (Å²) in [5.74, 6) is -4.13. The van der Waals surface area contributed by atoms with Crippen molar-refractivity contribution in [2.75, 3.05) is 0 Å². The Kier molecular flexibility index (Phi) is 9.64. The van der Waals surface area contributed by atoms with E-state index in [0.717, 1.165) is 42.5 Å². The second-order valence-corrected chi connectivity index (χ2v) is 13.7. The number of sulfone groups is 1. The van der Waals surface area contributed by atoms with Crippen LogP contribution in [0.25, 0.3) is 0 Å². The predicted molar refractivity (Wildman–Crippen MR) is 155 cm³/mol. The van der Waals surface area contributed by atoms with Gasteiger partial charge in [0.05, 0.1) is 23.3 Å². The first-order valence-electron chi connectivity index (χ1n) is 14.5. The van der Waals surface area contributed by atoms with Crippen LogP contribution in [0, 0.1) is 17.5 Å². The van der Waals surface area contributed by atoms with Gasteiger partial charge >= 0.3 is 12.4 Å². The molecule has 7 nitrogen and oxygen atoms in total. The molecule has 4 aromatic rings. The normalized spacial score (nSPS) is 19.1. The van der Waals surface area contributed by atoms with E-state index in [4.69, 9.17) is 0 Å². The molecule has 1 heterocycles. The minimum absolute atomic E-state index is 0.0259. The number of alkyl halides is 6. The Labute approximate surface area is 273 Å². The van der Waals surface area contributed by atoms with E-state index < -0.39 is 79.7 Å². The zero-order valence-corrected chi connectivity index (χ0v) is 25.8. The molecule has 5 rings (SSSR count). The molecule has 0 unspecified atom stereocenters. The molecule has 1 saturated carbocycles. The van der Waals surface area contributed by atoms with Crippen LogP contribution in [0.1, 0.15) is 52.7 Å². The number of carbonyl (C=O) groups is 1. The van der Waals surface area contributed by atoms with Gasteiger partial charge in [-0.1, -0.05) is 30.3 Å². The Hall–Kier alpha value is -4.38. The zero-order chi connectivity index (χ0) is 35.8. The molecule has 2 N–H and O–H groups in total. The lowest BCUT2D eigenvalue weighted by Gasteiger charge is -2.41. The van der Waals surface area contributed by atoms with Gasteiger partial charge in [-0.15, -0.1) is 0 Å². The molecule has 1 aromatic heterocycles. The number of H-pyrrole nitrogens is 1. The number of aromatic amines is 1. The number of halogens is 9. The minimum Gasteiger partial charge on any atom is -0.349 e. The summed E-state index contributed by atoms with van der Waals surface area (Å²) >= 11 is 0. The smallest absolute Gasteiger partial charge is 0.349 e. The summed E-state index contributed by atoms with van der Waals surface area (Å²) in [4.78, 5) is 12.2. The van der Waals surface area contributed by atoms with Crippen LogP contribution in [0.3, 0.4) is 0 Å². The topological polar surface area (TPSA) is 101 Å². The quantitative estimate of drug-likeness (QED) is 0.139. The van der Waals surface area contributed by atoms with Gasteiger partial charge in [-0.25, -0.2) is 21.6 Å². The fourth-order valence-electron chi connectivity index (χ4n) is 6.02. The van der Waals surface area contributed by atoms with Crippen molar-refractivity contribution in [1.82, 2.24) is 15.5 Å². The molecule has 1 fully saturated rings. The maximum absolute atomic E-state index is 14.5. The van der Waals surface area contributed by atoms with Gasteiger partial charge < -0.3 is 10.1 Å². The summed E-state index contributed by atoms with van der Waals surface area (Å²) in [7, 11) is -4.50. The third-order valence-corrected chi connectivity index (χ3v) is 11.2. The maximum Gasteiger partial charge on any atom is 0.430 e. The van der Waals surface area contributed by atoms with Crippen molar-refractivity contribution in [3.05, 3.63) is 119 Å². The van der Waals surface area contributed by atoms with Gasteiger partial charge in [0, 0.05) is 23.4 Å². The molecule has 0 bridgehead atoms. The maximum atomic E-state index is 14.5. The average molecular weight is 720 g/mol. The fraction of sp³-hybridized carbons (Fsp3) is 0.312. The van der Waals surface area contributed by atoms with Gasteiger partial charge in [0.2, 0.25) is 0 Å². The van der Waals surface area contributed by atoms with Gasteiger partial charge in [-0.2, -0.15) is 31.4 Å². The van der Waals surface area contributed by atoms with Crippen molar-refractivity contribution in [2.45, 2.75) is 65.9 Å². The third-order valence-electron chi connectivity index (χ3n) is 8.64. The van der Waals surface area contributed by atoms with E-state index in [-0.39, 0.29) is 41.7 Å². The highest BCUT2D eigenvalue weighted by Crippen LogP contribution is 2.54. The second kappa shape index (κ2) is 13.2. The molecule has 17 heteroatoms. The monoisotopic (exact) mass is 719 g/mol. The van der Waals surface area contributed by atoms with Crippen LogP contribution in [-0.2, 0) is 31.5 Å². The number of nitrogens with one attached hydrogen (secondary N) is 2. The van der Waals surface area contributed by atoms with Gasteiger partial charge in [-0.05, 0) is 67.6 Å². The standard InChI is InChI=1S/C32H26F9N3O4S/c33-22-8-10-24(11-9-22)49(46,47)29(14-12-23(13-15-29)44-28(45)19-16-42-43-17-19)20-4-6-21(7-5-20)30(31(36,37)38,32(39,40)41)48-18-25-26(34)2-1-3-27(25)35/h1-11,16-17,23H,12-15,18H2,(H,42,43)(H,44,45). The average Bonchev–Trinajstić information content (AvgIpc) is 3.58. The largest absolute Gasteiger partial charge is 0.430 e. The number of aromatic nitrogens is 2. The number of rotatable bonds is 9. The highest BCUT2D eigenvalue weighted by Gasteiger charge is 2.73. The lowest BCUT2D eigenvalue weighted by Crippen LogP contribution is -2.56. The SMILES string of the molecule is O=C(NC1CCC(c2ccc(C(OCc3c(F)cccc3F)(C(F)(F)F)C(F)(F)F)cc2)(S(=O)(=O)c2ccc(F)cc2)CC1)c1cn[nH]c1. The van der Waals surface area contributed by atoms with E-state index in [9.17, 15) is 52.7 Å². The Bertz CT molecular complexity index is 1850. The number of hydrogen-bond donors (Lipinski definition) is 2. The van der Waals surface area contributed by atoms with Crippen molar-refractivity contribution < 1.29 is 57.5 Å². The lowest BCUT2D eigenvalue weighted by molar-refractivity contribution is -0.392. The van der Waals surface area contributed by atoms with Crippen LogP contribution in [0.15, 0.2) is 84.0 Å². The van der Waals surface area contributed by atoms with Crippen molar-refractivity contribution >= 4 is 15.7 Å². The number of hydrogen-bond acceptors (Lipinski definition) is 5. The Morgan fingerprint density at radius 3 is 1.96 bits per heavy atom. The molecular formula is C32H26F9N3O4S. The van der Waals surface area contributed by atoms with Crippen LogP contribution in [-0.4, -0.2) is 42.9 Å². The van der Waals surface area contributed by atoms with Gasteiger partial charge in [0.1, 0.15) is 22.2 Å². The summed E-state index contributed by atoms with van der Waals surface area (Å²) in [5, 5.41) is 8.91. The molecule has 1 aliphatic carbocycles. The van der Waals surface area contributed by atoms with Gasteiger partial charge in [0.25, 0.3) is 11.5 Å². The van der Waals surface area contributed by atoms with E-state index in [1.54, 1.807) is 0 Å². The van der Waals surface area contributed by atoms with Crippen molar-refractivity contribution in [2.24, 2.45) is 0 Å². The molecule has 0 saturated heterocycles. The van der Waals surface area contributed by atoms with Crippen molar-refractivity contribution in [3.8, 4) is 0 Å². The third kappa shape index (κ3) is 6.52. The van der Waals surface area contributed by atoms with Crippen LogP contribution in [0.5, 0.6) is 0 Å². The molecule has 1 aliphatic rings. The summed E-state index contributed by atoms with van der Waals surface area (Å²) in [6.45, 7) is -1.76. The molecule has 1 amide bonds. The highest BCUT2D eigenvalue weighted by molar-refractivity contribution is 7.92. The van der Waals surface area contributed by atoms with Crippen LogP contribution in [0.4, 0.5) is 39.5 Å². The van der Waals surface area contributed by atoms with Crippen LogP contribution >= 0.6 is 0 Å². The first-order chi connectivity index (χ1) is 22.9. The van der Waals surface area contributed by atoms with E-state index in [1.165, 1.54) is 12.4 Å². The van der Waals surface area contributed by atoms with Crippen molar-refractivity contribution in [1.29, 1.82) is 0 Å². The van der Waals surface area contributed by atoms with Gasteiger partial charge in [-0.3, -0.25) is 9.89 Å². The molecule has 0 atom stereocenters. The number of benzene rings is 3. The van der Waals surface area contributed by atoms with E-state index >= 15 is 0 Å². The van der Waals surface area contributed by atoms with Crippen LogP contribution in [0.2, 0.25) is 0 Å².